The molecule has 0 saturated heterocycles. The third kappa shape index (κ3) is 4.89. The van der Waals surface area contributed by atoms with Crippen LogP contribution in [0.3, 0.4) is 0 Å². The van der Waals surface area contributed by atoms with Gasteiger partial charge in [0, 0.05) is 5.69 Å². The smallest absolute Gasteiger partial charge is 0.242 e. The molecular formula is C22H19N5OS. The predicted molar refractivity (Wildman–Crippen MR) is 113 cm³/mol. The summed E-state index contributed by atoms with van der Waals surface area (Å²) in [5, 5.41) is 15.2. The number of benzene rings is 3. The zero-order valence-electron chi connectivity index (χ0n) is 15.6. The van der Waals surface area contributed by atoms with Crippen LogP contribution in [-0.4, -0.2) is 26.1 Å². The molecule has 1 amide bonds. The molecule has 4 aromatic rings. The quantitative estimate of drug-likeness (QED) is 0.470. The minimum absolute atomic E-state index is 0.123. The van der Waals surface area contributed by atoms with E-state index in [2.05, 4.69) is 20.8 Å². The largest absolute Gasteiger partial charge is 0.325 e. The number of tetrazole rings is 1. The molecule has 0 aliphatic rings. The lowest BCUT2D eigenvalue weighted by atomic mass is 10.1. The molecule has 0 bridgehead atoms. The average molecular weight is 401 g/mol. The second-order valence-electron chi connectivity index (χ2n) is 6.37. The van der Waals surface area contributed by atoms with Crippen molar-refractivity contribution >= 4 is 23.4 Å². The van der Waals surface area contributed by atoms with E-state index in [9.17, 15) is 4.79 Å². The second kappa shape index (κ2) is 9.16. The molecule has 144 valence electrons. The Hall–Kier alpha value is -3.45. The van der Waals surface area contributed by atoms with Crippen molar-refractivity contribution in [2.75, 3.05) is 5.32 Å². The van der Waals surface area contributed by atoms with Gasteiger partial charge in [0.25, 0.3) is 0 Å². The van der Waals surface area contributed by atoms with E-state index in [0.29, 0.717) is 11.7 Å². The Bertz CT molecular complexity index is 1050. The third-order valence-corrected chi connectivity index (χ3v) is 5.50. The lowest BCUT2D eigenvalue weighted by molar-refractivity contribution is -0.115. The highest BCUT2D eigenvalue weighted by Crippen LogP contribution is 2.35. The molecule has 0 spiro atoms. The Kier molecular flexibility index (Phi) is 5.97. The average Bonchev–Trinajstić information content (AvgIpc) is 3.20. The molecule has 6 nitrogen and oxygen atoms in total. The number of amides is 1. The Balaban J connectivity index is 1.58. The number of carbonyl (C=O) groups is 1. The SMILES string of the molecule is O=C(Nc1ccccc1)C(Sc1nnnn1Cc1ccccc1)c1ccccc1. The fourth-order valence-electron chi connectivity index (χ4n) is 2.87. The van der Waals surface area contributed by atoms with E-state index in [1.165, 1.54) is 11.8 Å². The first-order valence-electron chi connectivity index (χ1n) is 9.17. The van der Waals surface area contributed by atoms with E-state index in [4.69, 9.17) is 0 Å². The molecule has 0 saturated carbocycles. The number of hydrogen-bond donors (Lipinski definition) is 1. The number of thioether (sulfide) groups is 1. The predicted octanol–water partition coefficient (Wildman–Crippen LogP) is 4.19. The first kappa shape index (κ1) is 18.9. The highest BCUT2D eigenvalue weighted by atomic mass is 32.2. The van der Waals surface area contributed by atoms with E-state index in [1.54, 1.807) is 4.68 Å². The summed E-state index contributed by atoms with van der Waals surface area (Å²) < 4.78 is 1.71. The zero-order valence-corrected chi connectivity index (χ0v) is 16.4. The summed E-state index contributed by atoms with van der Waals surface area (Å²) in [5.74, 6) is -0.123. The first-order chi connectivity index (χ1) is 14.3. The number of para-hydroxylation sites is 1. The van der Waals surface area contributed by atoms with Crippen LogP contribution in [0.25, 0.3) is 0 Å². The van der Waals surface area contributed by atoms with Gasteiger partial charge in [0.1, 0.15) is 5.25 Å². The monoisotopic (exact) mass is 401 g/mol. The van der Waals surface area contributed by atoms with Crippen molar-refractivity contribution in [1.29, 1.82) is 0 Å². The maximum Gasteiger partial charge on any atom is 0.242 e. The molecule has 29 heavy (non-hydrogen) atoms. The summed E-state index contributed by atoms with van der Waals surface area (Å²) in [6, 6.07) is 29.0. The van der Waals surface area contributed by atoms with Crippen LogP contribution in [0.1, 0.15) is 16.4 Å². The summed E-state index contributed by atoms with van der Waals surface area (Å²) in [6.07, 6.45) is 0. The van der Waals surface area contributed by atoms with E-state index in [1.807, 2.05) is 91.0 Å². The summed E-state index contributed by atoms with van der Waals surface area (Å²) >= 11 is 1.34. The lowest BCUT2D eigenvalue weighted by Crippen LogP contribution is -2.19. The molecule has 1 aromatic heterocycles. The topological polar surface area (TPSA) is 72.7 Å². The van der Waals surface area contributed by atoms with E-state index in [-0.39, 0.29) is 5.91 Å². The molecule has 4 rings (SSSR count). The van der Waals surface area contributed by atoms with Crippen LogP contribution in [0.15, 0.2) is 96.2 Å². The highest BCUT2D eigenvalue weighted by molar-refractivity contribution is 8.00. The van der Waals surface area contributed by atoms with E-state index in [0.717, 1.165) is 16.8 Å². The molecule has 1 atom stereocenters. The molecule has 7 heteroatoms. The fraction of sp³-hybridized carbons (Fsp3) is 0.0909. The summed E-state index contributed by atoms with van der Waals surface area (Å²) in [4.78, 5) is 13.1. The Morgan fingerprint density at radius 3 is 2.21 bits per heavy atom. The van der Waals surface area contributed by atoms with Crippen molar-refractivity contribution in [3.8, 4) is 0 Å². The normalized spacial score (nSPS) is 11.7. The van der Waals surface area contributed by atoms with Crippen LogP contribution in [0.2, 0.25) is 0 Å². The molecule has 3 aromatic carbocycles. The molecule has 1 N–H and O–H groups in total. The maximum atomic E-state index is 13.1. The number of nitrogens with one attached hydrogen (secondary N) is 1. The van der Waals surface area contributed by atoms with Crippen LogP contribution in [0.4, 0.5) is 5.69 Å². The van der Waals surface area contributed by atoms with E-state index < -0.39 is 5.25 Å². The Labute approximate surface area is 173 Å². The molecule has 1 heterocycles. The first-order valence-corrected chi connectivity index (χ1v) is 10.0. The van der Waals surface area contributed by atoms with Gasteiger partial charge >= 0.3 is 0 Å². The minimum Gasteiger partial charge on any atom is -0.325 e. The van der Waals surface area contributed by atoms with Gasteiger partial charge in [0.2, 0.25) is 11.1 Å². The minimum atomic E-state index is -0.489. The molecule has 0 fully saturated rings. The van der Waals surface area contributed by atoms with Gasteiger partial charge in [0.05, 0.1) is 6.54 Å². The Morgan fingerprint density at radius 1 is 0.897 bits per heavy atom. The Morgan fingerprint density at radius 2 is 1.52 bits per heavy atom. The van der Waals surface area contributed by atoms with Gasteiger partial charge in [-0.05, 0) is 33.7 Å². The number of nitrogens with zero attached hydrogens (tertiary/aromatic N) is 4. The van der Waals surface area contributed by atoms with Gasteiger partial charge in [-0.1, -0.05) is 90.6 Å². The van der Waals surface area contributed by atoms with Crippen molar-refractivity contribution in [1.82, 2.24) is 20.2 Å². The number of aromatic nitrogens is 4. The van der Waals surface area contributed by atoms with Gasteiger partial charge in [-0.3, -0.25) is 4.79 Å². The number of rotatable bonds is 7. The number of hydrogen-bond acceptors (Lipinski definition) is 5. The highest BCUT2D eigenvalue weighted by Gasteiger charge is 2.25. The zero-order chi connectivity index (χ0) is 19.9. The van der Waals surface area contributed by atoms with Crippen LogP contribution in [0, 0.1) is 0 Å². The van der Waals surface area contributed by atoms with Gasteiger partial charge < -0.3 is 5.32 Å². The molecule has 1 unspecified atom stereocenters. The molecule has 0 aliphatic heterocycles. The summed E-state index contributed by atoms with van der Waals surface area (Å²) in [5.41, 5.74) is 2.73. The summed E-state index contributed by atoms with van der Waals surface area (Å²) in [7, 11) is 0. The molecular weight excluding hydrogens is 382 g/mol. The fourth-order valence-corrected chi connectivity index (χ4v) is 3.85. The van der Waals surface area contributed by atoms with Gasteiger partial charge in [-0.25, -0.2) is 4.68 Å². The van der Waals surface area contributed by atoms with Crippen LogP contribution < -0.4 is 5.32 Å². The number of anilines is 1. The lowest BCUT2D eigenvalue weighted by Gasteiger charge is -2.16. The number of carbonyl (C=O) groups excluding carboxylic acids is 1. The van der Waals surface area contributed by atoms with Gasteiger partial charge in [-0.15, -0.1) is 5.10 Å². The van der Waals surface area contributed by atoms with Crippen LogP contribution in [0.5, 0.6) is 0 Å². The second-order valence-corrected chi connectivity index (χ2v) is 7.44. The van der Waals surface area contributed by atoms with Crippen molar-refractivity contribution in [3.05, 3.63) is 102 Å². The van der Waals surface area contributed by atoms with Crippen LogP contribution >= 0.6 is 11.8 Å². The van der Waals surface area contributed by atoms with E-state index >= 15 is 0 Å². The van der Waals surface area contributed by atoms with Crippen molar-refractivity contribution in [3.63, 3.8) is 0 Å². The summed E-state index contributed by atoms with van der Waals surface area (Å²) in [6.45, 7) is 0.540. The maximum absolute atomic E-state index is 13.1. The third-order valence-electron chi connectivity index (χ3n) is 4.28. The molecule has 0 radical (unpaired) electrons. The van der Waals surface area contributed by atoms with Crippen molar-refractivity contribution < 1.29 is 4.79 Å². The van der Waals surface area contributed by atoms with Crippen molar-refractivity contribution in [2.45, 2.75) is 17.0 Å². The van der Waals surface area contributed by atoms with Crippen LogP contribution in [-0.2, 0) is 11.3 Å². The standard InChI is InChI=1S/C22H19N5OS/c28-21(23-19-14-8-3-9-15-19)20(18-12-6-2-7-13-18)29-22-24-25-26-27(22)16-17-10-4-1-5-11-17/h1-15,20H,16H2,(H,23,28). The van der Waals surface area contributed by atoms with Gasteiger partial charge in [-0.2, -0.15) is 0 Å². The molecule has 0 aliphatic carbocycles. The van der Waals surface area contributed by atoms with Crippen molar-refractivity contribution in [2.24, 2.45) is 0 Å². The van der Waals surface area contributed by atoms with Gasteiger partial charge in [0.15, 0.2) is 0 Å².